The van der Waals surface area contributed by atoms with Crippen molar-refractivity contribution in [3.8, 4) is 17.0 Å². The third-order valence-electron chi connectivity index (χ3n) is 6.44. The molecule has 1 saturated heterocycles. The third-order valence-corrected chi connectivity index (χ3v) is 7.75. The van der Waals surface area contributed by atoms with Crippen LogP contribution in [-0.4, -0.2) is 52.6 Å². The minimum Gasteiger partial charge on any atom is -0.444 e. The highest BCUT2D eigenvalue weighted by Crippen LogP contribution is 2.31. The molecule has 2 aromatic carbocycles. The maximum Gasteiger partial charge on any atom is 0.410 e. The molecule has 0 bridgehead atoms. The van der Waals surface area contributed by atoms with E-state index < -0.39 is 15.7 Å². The van der Waals surface area contributed by atoms with E-state index in [9.17, 15) is 13.2 Å². The highest BCUT2D eigenvalue weighted by molar-refractivity contribution is 7.87. The molecule has 10 heteroatoms. The number of pyridine rings is 1. The van der Waals surface area contributed by atoms with Crippen LogP contribution in [0.15, 0.2) is 78.3 Å². The first-order valence-electron chi connectivity index (χ1n) is 12.5. The van der Waals surface area contributed by atoms with Crippen LogP contribution >= 0.6 is 0 Å². The van der Waals surface area contributed by atoms with Crippen molar-refractivity contribution in [1.29, 1.82) is 0 Å². The Morgan fingerprint density at radius 3 is 2.42 bits per heavy atom. The Labute approximate surface area is 222 Å². The zero-order valence-electron chi connectivity index (χ0n) is 21.6. The van der Waals surface area contributed by atoms with Crippen LogP contribution in [0.2, 0.25) is 0 Å². The molecule has 1 aliphatic heterocycles. The molecule has 5 rings (SSSR count). The van der Waals surface area contributed by atoms with Gasteiger partial charge in [0.25, 0.3) is 0 Å². The van der Waals surface area contributed by atoms with Gasteiger partial charge in [0.05, 0.1) is 18.2 Å². The molecule has 198 valence electrons. The average molecular weight is 535 g/mol. The molecule has 1 amide bonds. The second-order valence-corrected chi connectivity index (χ2v) is 11.8. The van der Waals surface area contributed by atoms with E-state index in [1.54, 1.807) is 60.1 Å². The highest BCUT2D eigenvalue weighted by Gasteiger charge is 2.28. The van der Waals surface area contributed by atoms with Crippen LogP contribution in [0.4, 0.5) is 4.79 Å². The third kappa shape index (κ3) is 5.50. The maximum absolute atomic E-state index is 13.0. The van der Waals surface area contributed by atoms with Gasteiger partial charge in [-0.15, -0.1) is 0 Å². The fraction of sp³-hybridized carbons (Fsp3) is 0.321. The van der Waals surface area contributed by atoms with Crippen LogP contribution in [0.1, 0.15) is 39.7 Å². The number of likely N-dealkylation sites (tertiary alicyclic amines) is 1. The van der Waals surface area contributed by atoms with Crippen molar-refractivity contribution in [3.63, 3.8) is 0 Å². The molecule has 0 radical (unpaired) electrons. The van der Waals surface area contributed by atoms with E-state index in [2.05, 4.69) is 14.5 Å². The average Bonchev–Trinajstić information content (AvgIpc) is 3.38. The van der Waals surface area contributed by atoms with Crippen molar-refractivity contribution in [2.75, 3.05) is 13.1 Å². The first-order chi connectivity index (χ1) is 18.1. The molecule has 0 N–H and O–H groups in total. The smallest absolute Gasteiger partial charge is 0.410 e. The van der Waals surface area contributed by atoms with Gasteiger partial charge >= 0.3 is 16.2 Å². The molecule has 38 heavy (non-hydrogen) atoms. The van der Waals surface area contributed by atoms with Crippen molar-refractivity contribution in [2.24, 2.45) is 0 Å². The fourth-order valence-corrected chi connectivity index (χ4v) is 5.79. The van der Waals surface area contributed by atoms with Crippen molar-refractivity contribution >= 4 is 27.0 Å². The first kappa shape index (κ1) is 25.7. The van der Waals surface area contributed by atoms with E-state index in [1.165, 1.54) is 6.07 Å². The topological polar surface area (TPSA) is 104 Å². The largest absolute Gasteiger partial charge is 0.444 e. The number of amides is 1. The van der Waals surface area contributed by atoms with Crippen molar-refractivity contribution < 1.29 is 22.1 Å². The zero-order chi connectivity index (χ0) is 26.9. The lowest BCUT2D eigenvalue weighted by Crippen LogP contribution is -2.42. The Morgan fingerprint density at radius 2 is 1.71 bits per heavy atom. The van der Waals surface area contributed by atoms with Crippen LogP contribution < -0.4 is 4.18 Å². The zero-order valence-corrected chi connectivity index (χ0v) is 22.4. The highest BCUT2D eigenvalue weighted by atomic mass is 32.2. The maximum atomic E-state index is 13.0. The van der Waals surface area contributed by atoms with Gasteiger partial charge in [0, 0.05) is 47.9 Å². The summed E-state index contributed by atoms with van der Waals surface area (Å²) in [5.41, 5.74) is 1.28. The number of aromatic nitrogens is 3. The summed E-state index contributed by atoms with van der Waals surface area (Å²) >= 11 is 0. The number of nitrogens with zero attached hydrogens (tertiary/aromatic N) is 4. The van der Waals surface area contributed by atoms with Gasteiger partial charge in [-0.3, -0.25) is 4.98 Å². The molecule has 1 fully saturated rings. The minimum atomic E-state index is -4.04. The molecule has 0 spiro atoms. The Kier molecular flexibility index (Phi) is 6.83. The number of rotatable bonds is 5. The number of hydrogen-bond acceptors (Lipinski definition) is 7. The number of carbonyl (C=O) groups excluding carboxylic acids is 1. The lowest BCUT2D eigenvalue weighted by Gasteiger charge is -2.34. The van der Waals surface area contributed by atoms with Crippen LogP contribution in [-0.2, 0) is 14.9 Å². The van der Waals surface area contributed by atoms with E-state index >= 15 is 0 Å². The quantitative estimate of drug-likeness (QED) is 0.314. The number of ether oxygens (including phenoxy) is 1. The van der Waals surface area contributed by atoms with Gasteiger partial charge in [-0.25, -0.2) is 9.78 Å². The second-order valence-electron chi connectivity index (χ2n) is 10.3. The lowest BCUT2D eigenvalue weighted by atomic mass is 10.0. The van der Waals surface area contributed by atoms with Crippen LogP contribution in [0.3, 0.4) is 0 Å². The molecule has 3 heterocycles. The normalized spacial score (nSPS) is 15.0. The number of piperidine rings is 1. The Balaban J connectivity index is 1.29. The monoisotopic (exact) mass is 534 g/mol. The summed E-state index contributed by atoms with van der Waals surface area (Å²) in [5.74, 6) is 0.219. The summed E-state index contributed by atoms with van der Waals surface area (Å²) in [5, 5.41) is 1.28. The van der Waals surface area contributed by atoms with E-state index in [1.807, 2.05) is 32.9 Å². The van der Waals surface area contributed by atoms with Crippen LogP contribution in [0.25, 0.3) is 22.0 Å². The number of benzene rings is 2. The lowest BCUT2D eigenvalue weighted by molar-refractivity contribution is 0.0189. The number of carbonyl (C=O) groups is 1. The van der Waals surface area contributed by atoms with Crippen molar-refractivity contribution in [2.45, 2.75) is 50.2 Å². The Bertz CT molecular complexity index is 1540. The van der Waals surface area contributed by atoms with E-state index in [0.717, 1.165) is 29.5 Å². The summed E-state index contributed by atoms with van der Waals surface area (Å²) in [4.78, 5) is 22.7. The molecular formula is C28H30N4O5S. The molecule has 0 saturated carbocycles. The van der Waals surface area contributed by atoms with Crippen LogP contribution in [0, 0.1) is 0 Å². The predicted octanol–water partition coefficient (Wildman–Crippen LogP) is 5.44. The van der Waals surface area contributed by atoms with Gasteiger partial charge in [-0.2, -0.15) is 8.42 Å². The van der Waals surface area contributed by atoms with Crippen molar-refractivity contribution in [1.82, 2.24) is 19.4 Å². The van der Waals surface area contributed by atoms with E-state index in [-0.39, 0.29) is 22.8 Å². The van der Waals surface area contributed by atoms with Gasteiger partial charge in [-0.05, 0) is 70.0 Å². The fourth-order valence-electron chi connectivity index (χ4n) is 4.64. The molecule has 0 atom stereocenters. The molecule has 4 aromatic rings. The molecular weight excluding hydrogens is 504 g/mol. The van der Waals surface area contributed by atoms with Gasteiger partial charge in [-0.1, -0.05) is 12.1 Å². The standard InChI is InChI=1S/C28H30N4O5S/c1-28(2,3)36-27(33)31-15-12-22(13-16-31)32-19-30-18-25(32)20-7-9-23(10-8-20)37-38(34,35)26-6-4-5-21-17-29-14-11-24(21)26/h4-11,14,17-19,22H,12-13,15-16H2,1-3H3. The number of fused-ring (bicyclic) bond motifs is 1. The van der Waals surface area contributed by atoms with E-state index in [0.29, 0.717) is 18.5 Å². The molecule has 0 aliphatic carbocycles. The minimum absolute atomic E-state index is 0.0947. The summed E-state index contributed by atoms with van der Waals surface area (Å²) in [6, 6.07) is 13.8. The van der Waals surface area contributed by atoms with Crippen LogP contribution in [0.5, 0.6) is 5.75 Å². The summed E-state index contributed by atoms with van der Waals surface area (Å²) < 4.78 is 39.2. The molecule has 2 aromatic heterocycles. The van der Waals surface area contributed by atoms with Gasteiger partial charge in [0.1, 0.15) is 16.2 Å². The van der Waals surface area contributed by atoms with Gasteiger partial charge in [0.2, 0.25) is 0 Å². The predicted molar refractivity (Wildman–Crippen MR) is 143 cm³/mol. The van der Waals surface area contributed by atoms with Crippen molar-refractivity contribution in [3.05, 3.63) is 73.4 Å². The molecule has 1 aliphatic rings. The van der Waals surface area contributed by atoms with Gasteiger partial charge < -0.3 is 18.4 Å². The van der Waals surface area contributed by atoms with E-state index in [4.69, 9.17) is 8.92 Å². The number of hydrogen-bond donors (Lipinski definition) is 0. The molecule has 0 unspecified atom stereocenters. The number of imidazole rings is 1. The summed E-state index contributed by atoms with van der Waals surface area (Å²) in [7, 11) is -4.04. The Hall–Kier alpha value is -3.92. The molecule has 9 nitrogen and oxygen atoms in total. The summed E-state index contributed by atoms with van der Waals surface area (Å²) in [6.45, 7) is 6.80. The SMILES string of the molecule is CC(C)(C)OC(=O)N1CCC(n2cncc2-c2ccc(OS(=O)(=O)c3cccc4cnccc34)cc2)CC1. The summed E-state index contributed by atoms with van der Waals surface area (Å²) in [6.07, 6.45) is 8.04. The first-order valence-corrected chi connectivity index (χ1v) is 13.9. The Morgan fingerprint density at radius 1 is 0.974 bits per heavy atom. The van der Waals surface area contributed by atoms with Gasteiger partial charge in [0.15, 0.2) is 0 Å². The second kappa shape index (κ2) is 10.1.